The first-order chi connectivity index (χ1) is 10.1. The van der Waals surface area contributed by atoms with Crippen molar-refractivity contribution in [3.05, 3.63) is 40.0 Å². The van der Waals surface area contributed by atoms with Crippen molar-refractivity contribution < 1.29 is 19.5 Å². The third kappa shape index (κ3) is 3.08. The van der Waals surface area contributed by atoms with Crippen LogP contribution in [-0.4, -0.2) is 31.9 Å². The van der Waals surface area contributed by atoms with Crippen LogP contribution in [0.4, 0.5) is 5.69 Å². The summed E-state index contributed by atoms with van der Waals surface area (Å²) in [5.74, 6) is 1.06. The maximum absolute atomic E-state index is 11.0. The van der Waals surface area contributed by atoms with Crippen molar-refractivity contribution in [3.63, 3.8) is 0 Å². The van der Waals surface area contributed by atoms with Gasteiger partial charge in [-0.3, -0.25) is 14.8 Å². The highest BCUT2D eigenvalue weighted by Crippen LogP contribution is 2.35. The fourth-order valence-corrected chi connectivity index (χ4v) is 1.75. The number of ether oxygens (including phenoxy) is 2. The van der Waals surface area contributed by atoms with Crippen LogP contribution in [0.3, 0.4) is 0 Å². The van der Waals surface area contributed by atoms with Crippen molar-refractivity contribution in [2.75, 3.05) is 7.11 Å². The van der Waals surface area contributed by atoms with Gasteiger partial charge < -0.3 is 14.6 Å². The van der Waals surface area contributed by atoms with Gasteiger partial charge in [-0.25, -0.2) is 4.98 Å². The average molecular weight is 294 g/mol. The van der Waals surface area contributed by atoms with Crippen molar-refractivity contribution in [2.24, 2.45) is 7.05 Å². The van der Waals surface area contributed by atoms with Crippen LogP contribution >= 0.6 is 0 Å². The van der Waals surface area contributed by atoms with Crippen LogP contribution in [0.15, 0.2) is 18.5 Å². The van der Waals surface area contributed by atoms with E-state index in [4.69, 9.17) is 9.47 Å². The lowest BCUT2D eigenvalue weighted by molar-refractivity contribution is -0.386. The van der Waals surface area contributed by atoms with Gasteiger partial charge in [0.05, 0.1) is 30.3 Å². The summed E-state index contributed by atoms with van der Waals surface area (Å²) >= 11 is 0. The van der Waals surface area contributed by atoms with E-state index in [1.54, 1.807) is 7.05 Å². The Kier molecular flexibility index (Phi) is 4.33. The quantitative estimate of drug-likeness (QED) is 0.619. The molecular formula is C12H14N4O5. The molecular weight excluding hydrogens is 280 g/mol. The normalized spacial score (nSPS) is 10.4. The number of aryl methyl sites for hydroxylation is 1. The number of aromatic nitrogens is 3. The lowest BCUT2D eigenvalue weighted by Gasteiger charge is -2.11. The third-order valence-electron chi connectivity index (χ3n) is 2.89. The maximum atomic E-state index is 11.0. The number of hydrogen-bond acceptors (Lipinski definition) is 7. The highest BCUT2D eigenvalue weighted by Gasteiger charge is 2.19. The Balaban J connectivity index is 2.31. The SMILES string of the molecule is COc1cc(CO)c([N+](=O)[O-])cc1OCc1ncnn1C. The molecule has 0 radical (unpaired) electrons. The molecule has 1 heterocycles. The molecule has 0 spiro atoms. The number of nitro benzene ring substituents is 1. The molecule has 0 aliphatic carbocycles. The minimum atomic E-state index is -0.583. The van der Waals surface area contributed by atoms with Crippen molar-refractivity contribution in [1.82, 2.24) is 14.8 Å². The van der Waals surface area contributed by atoms with Crippen LogP contribution in [0, 0.1) is 10.1 Å². The minimum absolute atomic E-state index is 0.0858. The summed E-state index contributed by atoms with van der Waals surface area (Å²) in [5, 5.41) is 24.1. The number of rotatable bonds is 6. The average Bonchev–Trinajstić information content (AvgIpc) is 2.89. The van der Waals surface area contributed by atoms with Crippen molar-refractivity contribution in [3.8, 4) is 11.5 Å². The lowest BCUT2D eigenvalue weighted by atomic mass is 10.1. The highest BCUT2D eigenvalue weighted by molar-refractivity contribution is 5.54. The zero-order valence-corrected chi connectivity index (χ0v) is 11.5. The largest absolute Gasteiger partial charge is 0.493 e. The summed E-state index contributed by atoms with van der Waals surface area (Å²) in [6.07, 6.45) is 1.38. The molecule has 9 heteroatoms. The molecule has 1 aromatic carbocycles. The molecule has 0 aliphatic heterocycles. The van der Waals surface area contributed by atoms with E-state index in [0.717, 1.165) is 0 Å². The zero-order valence-electron chi connectivity index (χ0n) is 11.5. The molecule has 112 valence electrons. The van der Waals surface area contributed by atoms with Crippen LogP contribution in [0.25, 0.3) is 0 Å². The van der Waals surface area contributed by atoms with Gasteiger partial charge in [-0.2, -0.15) is 5.10 Å². The molecule has 9 nitrogen and oxygen atoms in total. The Morgan fingerprint density at radius 3 is 2.71 bits per heavy atom. The number of aliphatic hydroxyl groups is 1. The van der Waals surface area contributed by atoms with E-state index in [1.807, 2.05) is 0 Å². The Morgan fingerprint density at radius 2 is 2.19 bits per heavy atom. The maximum Gasteiger partial charge on any atom is 0.278 e. The molecule has 1 N–H and O–H groups in total. The summed E-state index contributed by atoms with van der Waals surface area (Å²) in [5.41, 5.74) is -0.0749. The zero-order chi connectivity index (χ0) is 15.4. The van der Waals surface area contributed by atoms with Crippen LogP contribution < -0.4 is 9.47 Å². The fourth-order valence-electron chi connectivity index (χ4n) is 1.75. The first kappa shape index (κ1) is 14.7. The molecule has 0 fully saturated rings. The molecule has 0 bridgehead atoms. The van der Waals surface area contributed by atoms with E-state index in [9.17, 15) is 15.2 Å². The molecule has 0 aliphatic rings. The number of methoxy groups -OCH3 is 1. The standard InChI is InChI=1S/C12H14N4O5/c1-15-12(13-7-14-15)6-21-11-4-9(16(18)19)8(5-17)3-10(11)20-2/h3-4,7,17H,5-6H2,1-2H3. The highest BCUT2D eigenvalue weighted by atomic mass is 16.6. The van der Waals surface area contributed by atoms with E-state index < -0.39 is 11.5 Å². The monoisotopic (exact) mass is 294 g/mol. The second-order valence-corrected chi connectivity index (χ2v) is 4.14. The van der Waals surface area contributed by atoms with Gasteiger partial charge in [-0.05, 0) is 6.07 Å². The molecule has 0 saturated carbocycles. The summed E-state index contributed by atoms with van der Waals surface area (Å²) < 4.78 is 12.2. The second kappa shape index (κ2) is 6.18. The van der Waals surface area contributed by atoms with Gasteiger partial charge >= 0.3 is 0 Å². The van der Waals surface area contributed by atoms with Crippen molar-refractivity contribution >= 4 is 5.69 Å². The van der Waals surface area contributed by atoms with E-state index in [0.29, 0.717) is 11.6 Å². The summed E-state index contributed by atoms with van der Waals surface area (Å²) in [4.78, 5) is 14.4. The molecule has 21 heavy (non-hydrogen) atoms. The van der Waals surface area contributed by atoms with Crippen molar-refractivity contribution in [2.45, 2.75) is 13.2 Å². The fraction of sp³-hybridized carbons (Fsp3) is 0.333. The van der Waals surface area contributed by atoms with Gasteiger partial charge in [-0.1, -0.05) is 0 Å². The number of hydrogen-bond donors (Lipinski definition) is 1. The molecule has 2 aromatic rings. The first-order valence-electron chi connectivity index (χ1n) is 5.98. The summed E-state index contributed by atoms with van der Waals surface area (Å²) in [6, 6.07) is 2.60. The first-order valence-corrected chi connectivity index (χ1v) is 5.98. The topological polar surface area (TPSA) is 113 Å². The Hall–Kier alpha value is -2.68. The van der Waals surface area contributed by atoms with Gasteiger partial charge in [0.15, 0.2) is 17.3 Å². The summed E-state index contributed by atoms with van der Waals surface area (Å²) in [6.45, 7) is -0.376. The number of nitrogens with zero attached hydrogens (tertiary/aromatic N) is 4. The van der Waals surface area contributed by atoms with E-state index in [-0.39, 0.29) is 23.6 Å². The Morgan fingerprint density at radius 1 is 1.43 bits per heavy atom. The van der Waals surface area contributed by atoms with Gasteiger partial charge in [-0.15, -0.1) is 0 Å². The predicted molar refractivity (Wildman–Crippen MR) is 70.9 cm³/mol. The number of aliphatic hydroxyl groups excluding tert-OH is 1. The smallest absolute Gasteiger partial charge is 0.278 e. The van der Waals surface area contributed by atoms with Gasteiger partial charge in [0.1, 0.15) is 12.9 Å². The number of nitro groups is 1. The molecule has 0 unspecified atom stereocenters. The molecule has 1 aromatic heterocycles. The Bertz CT molecular complexity index is 655. The van der Waals surface area contributed by atoms with Crippen LogP contribution in [-0.2, 0) is 20.3 Å². The molecule has 2 rings (SSSR count). The lowest BCUT2D eigenvalue weighted by Crippen LogP contribution is -2.06. The van der Waals surface area contributed by atoms with E-state index >= 15 is 0 Å². The van der Waals surface area contributed by atoms with Gasteiger partial charge in [0, 0.05) is 7.05 Å². The van der Waals surface area contributed by atoms with Crippen LogP contribution in [0.2, 0.25) is 0 Å². The van der Waals surface area contributed by atoms with Gasteiger partial charge in [0.2, 0.25) is 0 Å². The molecule has 0 saturated heterocycles. The van der Waals surface area contributed by atoms with E-state index in [2.05, 4.69) is 10.1 Å². The Labute approximate surface area is 119 Å². The van der Waals surface area contributed by atoms with Crippen molar-refractivity contribution in [1.29, 1.82) is 0 Å². The minimum Gasteiger partial charge on any atom is -0.493 e. The molecule has 0 atom stereocenters. The number of benzene rings is 1. The third-order valence-corrected chi connectivity index (χ3v) is 2.89. The van der Waals surface area contributed by atoms with E-state index in [1.165, 1.54) is 30.3 Å². The second-order valence-electron chi connectivity index (χ2n) is 4.14. The van der Waals surface area contributed by atoms with Gasteiger partial charge in [0.25, 0.3) is 5.69 Å². The molecule has 0 amide bonds. The predicted octanol–water partition coefficient (Wildman–Crippen LogP) is 0.803. The van der Waals surface area contributed by atoms with Crippen LogP contribution in [0.5, 0.6) is 11.5 Å². The summed E-state index contributed by atoms with van der Waals surface area (Å²) in [7, 11) is 3.12. The van der Waals surface area contributed by atoms with Crippen LogP contribution in [0.1, 0.15) is 11.4 Å².